The van der Waals surface area contributed by atoms with E-state index in [9.17, 15) is 0 Å². The van der Waals surface area contributed by atoms with Gasteiger partial charge in [-0.25, -0.2) is 0 Å². The summed E-state index contributed by atoms with van der Waals surface area (Å²) in [5, 5.41) is 3.15. The number of halogens is 1. The summed E-state index contributed by atoms with van der Waals surface area (Å²) in [6, 6.07) is 16.3. The van der Waals surface area contributed by atoms with Gasteiger partial charge in [-0.15, -0.1) is 24.0 Å². The number of nitrogens with one attached hydrogen (secondary N) is 1. The number of guanidine groups is 1. The van der Waals surface area contributed by atoms with Gasteiger partial charge in [0.2, 0.25) is 0 Å². The quantitative estimate of drug-likeness (QED) is 0.447. The normalized spacial score (nSPS) is 16.2. The largest absolute Gasteiger partial charge is 0.493 e. The van der Waals surface area contributed by atoms with E-state index in [2.05, 4.69) is 35.4 Å². The fourth-order valence-electron chi connectivity index (χ4n) is 2.65. The molecule has 1 aliphatic rings. The molecule has 1 aliphatic heterocycles. The summed E-state index contributed by atoms with van der Waals surface area (Å²) < 4.78 is 5.66. The fraction of sp³-hybridized carbons (Fsp3) is 0.278. The topological polar surface area (TPSA) is 59.6 Å². The van der Waals surface area contributed by atoms with E-state index in [-0.39, 0.29) is 29.9 Å². The number of hydrogen-bond acceptors (Lipinski definition) is 2. The molecule has 0 saturated carbocycles. The number of ether oxygens (including phenoxy) is 1. The van der Waals surface area contributed by atoms with E-state index in [0.717, 1.165) is 17.9 Å². The molecule has 0 spiro atoms. The maximum atomic E-state index is 5.99. The van der Waals surface area contributed by atoms with E-state index in [0.29, 0.717) is 19.1 Å². The Morgan fingerprint density at radius 1 is 1.26 bits per heavy atom. The van der Waals surface area contributed by atoms with Crippen molar-refractivity contribution in [3.05, 3.63) is 59.7 Å². The molecule has 1 atom stereocenters. The number of anilines is 1. The summed E-state index contributed by atoms with van der Waals surface area (Å²) in [7, 11) is 0. The zero-order valence-electron chi connectivity index (χ0n) is 13.2. The third kappa shape index (κ3) is 4.37. The Bertz CT molecular complexity index is 687. The zero-order valence-corrected chi connectivity index (χ0v) is 15.5. The van der Waals surface area contributed by atoms with Crippen LogP contribution in [0.4, 0.5) is 5.69 Å². The van der Waals surface area contributed by atoms with E-state index in [1.165, 1.54) is 11.1 Å². The maximum Gasteiger partial charge on any atom is 0.193 e. The second-order valence-electron chi connectivity index (χ2n) is 5.45. The zero-order chi connectivity index (χ0) is 15.4. The minimum absolute atomic E-state index is 0. The van der Waals surface area contributed by atoms with E-state index in [1.54, 1.807) is 0 Å². The average Bonchev–Trinajstić information content (AvgIpc) is 2.96. The number of para-hydroxylation sites is 1. The van der Waals surface area contributed by atoms with Crippen LogP contribution in [0.15, 0.2) is 53.5 Å². The Morgan fingerprint density at radius 2 is 2.09 bits per heavy atom. The number of aliphatic imine (C=N–C) groups is 1. The van der Waals surface area contributed by atoms with Crippen LogP contribution in [0, 0.1) is 0 Å². The molecule has 1 heterocycles. The van der Waals surface area contributed by atoms with Gasteiger partial charge in [0, 0.05) is 17.2 Å². The summed E-state index contributed by atoms with van der Waals surface area (Å²) in [5.74, 6) is 1.68. The van der Waals surface area contributed by atoms with Crippen molar-refractivity contribution in [3.8, 4) is 5.75 Å². The molecule has 2 aromatic rings. The molecule has 0 fully saturated rings. The molecule has 0 aromatic heterocycles. The van der Waals surface area contributed by atoms with Crippen molar-refractivity contribution in [3.63, 3.8) is 0 Å². The van der Waals surface area contributed by atoms with Gasteiger partial charge in [0.05, 0.1) is 13.2 Å². The maximum absolute atomic E-state index is 5.99. The van der Waals surface area contributed by atoms with Crippen LogP contribution >= 0.6 is 24.0 Å². The molecule has 122 valence electrons. The Balaban J connectivity index is 0.00000192. The van der Waals surface area contributed by atoms with Crippen LogP contribution in [0.3, 0.4) is 0 Å². The number of fused-ring (bicyclic) bond motifs is 1. The average molecular weight is 423 g/mol. The van der Waals surface area contributed by atoms with Crippen molar-refractivity contribution >= 4 is 35.6 Å². The summed E-state index contributed by atoms with van der Waals surface area (Å²) in [4.78, 5) is 4.46. The number of hydrogen-bond donors (Lipinski definition) is 2. The number of rotatable bonds is 4. The smallest absolute Gasteiger partial charge is 0.193 e. The highest BCUT2D eigenvalue weighted by atomic mass is 127. The Hall–Kier alpha value is -1.76. The molecular formula is C18H22IN3O. The predicted molar refractivity (Wildman–Crippen MR) is 106 cm³/mol. The molecule has 0 bridgehead atoms. The lowest BCUT2D eigenvalue weighted by Gasteiger charge is -2.09. The van der Waals surface area contributed by atoms with Gasteiger partial charge >= 0.3 is 0 Å². The second kappa shape index (κ2) is 8.19. The highest BCUT2D eigenvalue weighted by Crippen LogP contribution is 2.33. The standard InChI is InChI=1S/C18H21N3O.HI/c1-2-13-6-5-7-15(10-13)21-18(19)20-11-14-12-22-17-9-4-3-8-16(14)17;/h3-10,14H,2,11-12H2,1H3,(H3,19,20,21);1H. The first-order valence-electron chi connectivity index (χ1n) is 7.64. The van der Waals surface area contributed by atoms with Crippen molar-refractivity contribution in [2.45, 2.75) is 19.3 Å². The summed E-state index contributed by atoms with van der Waals surface area (Å²) >= 11 is 0. The van der Waals surface area contributed by atoms with Crippen LogP contribution in [0.25, 0.3) is 0 Å². The molecule has 1 unspecified atom stereocenters. The lowest BCUT2D eigenvalue weighted by atomic mass is 10.0. The molecule has 3 N–H and O–H groups in total. The highest BCUT2D eigenvalue weighted by molar-refractivity contribution is 14.0. The van der Waals surface area contributed by atoms with E-state index >= 15 is 0 Å². The van der Waals surface area contributed by atoms with E-state index < -0.39 is 0 Å². The van der Waals surface area contributed by atoms with Crippen molar-refractivity contribution < 1.29 is 4.74 Å². The molecule has 0 saturated heterocycles. The van der Waals surface area contributed by atoms with Gasteiger partial charge in [0.15, 0.2) is 5.96 Å². The van der Waals surface area contributed by atoms with Crippen molar-refractivity contribution in [2.75, 3.05) is 18.5 Å². The summed E-state index contributed by atoms with van der Waals surface area (Å²) in [6.07, 6.45) is 1.00. The molecule has 23 heavy (non-hydrogen) atoms. The second-order valence-corrected chi connectivity index (χ2v) is 5.45. The first kappa shape index (κ1) is 17.6. The third-order valence-electron chi connectivity index (χ3n) is 3.89. The van der Waals surface area contributed by atoms with Crippen LogP contribution < -0.4 is 15.8 Å². The van der Waals surface area contributed by atoms with Crippen LogP contribution in [0.5, 0.6) is 5.75 Å². The van der Waals surface area contributed by atoms with E-state index in [1.807, 2.05) is 30.3 Å². The van der Waals surface area contributed by atoms with Crippen molar-refractivity contribution in [1.29, 1.82) is 0 Å². The van der Waals surface area contributed by atoms with Gasteiger partial charge in [-0.2, -0.15) is 0 Å². The number of aryl methyl sites for hydroxylation is 1. The van der Waals surface area contributed by atoms with Gasteiger partial charge in [-0.05, 0) is 30.2 Å². The van der Waals surface area contributed by atoms with Crippen LogP contribution in [-0.2, 0) is 6.42 Å². The Morgan fingerprint density at radius 3 is 2.91 bits per heavy atom. The van der Waals surface area contributed by atoms with Crippen LogP contribution in [0.1, 0.15) is 24.0 Å². The molecule has 2 aromatic carbocycles. The molecule has 0 amide bonds. The van der Waals surface area contributed by atoms with Gasteiger partial charge in [-0.3, -0.25) is 4.99 Å². The van der Waals surface area contributed by atoms with Gasteiger partial charge < -0.3 is 15.8 Å². The fourth-order valence-corrected chi connectivity index (χ4v) is 2.65. The van der Waals surface area contributed by atoms with Gasteiger partial charge in [0.1, 0.15) is 5.75 Å². The van der Waals surface area contributed by atoms with Gasteiger partial charge in [-0.1, -0.05) is 37.3 Å². The lowest BCUT2D eigenvalue weighted by Crippen LogP contribution is -2.23. The highest BCUT2D eigenvalue weighted by Gasteiger charge is 2.23. The van der Waals surface area contributed by atoms with Crippen LogP contribution in [0.2, 0.25) is 0 Å². The predicted octanol–water partition coefficient (Wildman–Crippen LogP) is 3.77. The first-order chi connectivity index (χ1) is 10.8. The molecule has 0 aliphatic carbocycles. The lowest BCUT2D eigenvalue weighted by molar-refractivity contribution is 0.333. The van der Waals surface area contributed by atoms with Crippen molar-refractivity contribution in [1.82, 2.24) is 0 Å². The molecule has 0 radical (unpaired) electrons. The number of nitrogens with zero attached hydrogens (tertiary/aromatic N) is 1. The SMILES string of the molecule is CCc1cccc(NC(N)=NCC2COc3ccccc32)c1.I. The monoisotopic (exact) mass is 423 g/mol. The first-order valence-corrected chi connectivity index (χ1v) is 7.64. The molecule has 5 heteroatoms. The Kier molecular flexibility index (Phi) is 6.27. The van der Waals surface area contributed by atoms with Crippen LogP contribution in [-0.4, -0.2) is 19.1 Å². The minimum Gasteiger partial charge on any atom is -0.493 e. The van der Waals surface area contributed by atoms with Crippen molar-refractivity contribution in [2.24, 2.45) is 10.7 Å². The Labute approximate surface area is 154 Å². The molecule has 4 nitrogen and oxygen atoms in total. The minimum atomic E-state index is 0. The van der Waals surface area contributed by atoms with E-state index in [4.69, 9.17) is 10.5 Å². The molecular weight excluding hydrogens is 401 g/mol. The number of benzene rings is 2. The van der Waals surface area contributed by atoms with Gasteiger partial charge in [0.25, 0.3) is 0 Å². The molecule has 3 rings (SSSR count). The summed E-state index contributed by atoms with van der Waals surface area (Å²) in [5.41, 5.74) is 9.46. The number of nitrogens with two attached hydrogens (primary N) is 1. The summed E-state index contributed by atoms with van der Waals surface area (Å²) in [6.45, 7) is 3.43. The third-order valence-corrected chi connectivity index (χ3v) is 3.89.